The predicted octanol–water partition coefficient (Wildman–Crippen LogP) is 0.821. The number of nitrogens with one attached hydrogen (secondary N) is 3. The first-order valence-electron chi connectivity index (χ1n) is 6.36. The summed E-state index contributed by atoms with van der Waals surface area (Å²) in [7, 11) is 0. The number of fused-ring (bicyclic) bond motifs is 1. The number of benzene rings is 1. The van der Waals surface area contributed by atoms with Gasteiger partial charge in [-0.25, -0.2) is 0 Å². The fourth-order valence-electron chi connectivity index (χ4n) is 2.35. The van der Waals surface area contributed by atoms with E-state index >= 15 is 0 Å². The van der Waals surface area contributed by atoms with E-state index in [1.807, 2.05) is 26.0 Å². The van der Waals surface area contributed by atoms with Crippen LogP contribution in [0.1, 0.15) is 25.0 Å². The SMILES string of the molecule is CC1(C)C(=O)NCc2cccc(N/N=C(\C#N)C(=N)N)c21. The van der Waals surface area contributed by atoms with Gasteiger partial charge >= 0.3 is 0 Å². The summed E-state index contributed by atoms with van der Waals surface area (Å²) >= 11 is 0. The molecule has 7 heteroatoms. The number of hydrogen-bond acceptors (Lipinski definition) is 5. The summed E-state index contributed by atoms with van der Waals surface area (Å²) in [6.07, 6.45) is 0. The van der Waals surface area contributed by atoms with Crippen LogP contribution in [0.4, 0.5) is 5.69 Å². The van der Waals surface area contributed by atoms with Gasteiger partial charge in [0.25, 0.3) is 0 Å². The molecule has 0 radical (unpaired) electrons. The van der Waals surface area contributed by atoms with E-state index in [-0.39, 0.29) is 11.6 Å². The van der Waals surface area contributed by atoms with Gasteiger partial charge in [-0.2, -0.15) is 10.4 Å². The predicted molar refractivity (Wildman–Crippen MR) is 79.9 cm³/mol. The average molecular weight is 284 g/mol. The van der Waals surface area contributed by atoms with Crippen LogP contribution in [-0.4, -0.2) is 17.5 Å². The Hall–Kier alpha value is -2.88. The fraction of sp³-hybridized carbons (Fsp3) is 0.286. The molecule has 0 bridgehead atoms. The standard InChI is InChI=1S/C14H16N6O/c1-14(2)11-8(7-18-13(14)21)4-3-5-9(11)19-20-10(6-15)12(16)17/h3-5,19H,7H2,1-2H3,(H3,16,17)(H,18,21)/b20-10+. The van der Waals surface area contributed by atoms with Crippen molar-refractivity contribution < 1.29 is 4.79 Å². The van der Waals surface area contributed by atoms with E-state index in [9.17, 15) is 4.79 Å². The molecule has 1 aromatic carbocycles. The topological polar surface area (TPSA) is 127 Å². The molecule has 1 aliphatic rings. The van der Waals surface area contributed by atoms with Gasteiger partial charge in [-0.15, -0.1) is 0 Å². The van der Waals surface area contributed by atoms with Gasteiger partial charge in [0.15, 0.2) is 5.84 Å². The monoisotopic (exact) mass is 284 g/mol. The maximum atomic E-state index is 12.1. The molecule has 1 amide bonds. The van der Waals surface area contributed by atoms with Crippen molar-refractivity contribution in [2.75, 3.05) is 5.43 Å². The first kappa shape index (κ1) is 14.5. The van der Waals surface area contributed by atoms with Crippen LogP contribution >= 0.6 is 0 Å². The normalized spacial score (nSPS) is 16.4. The quantitative estimate of drug-likeness (QED) is 0.372. The number of amidine groups is 1. The van der Waals surface area contributed by atoms with Crippen molar-refractivity contribution in [3.63, 3.8) is 0 Å². The van der Waals surface area contributed by atoms with Crippen LogP contribution in [0.5, 0.6) is 0 Å². The highest BCUT2D eigenvalue weighted by molar-refractivity contribution is 6.45. The molecule has 1 aromatic rings. The summed E-state index contributed by atoms with van der Waals surface area (Å²) in [5.41, 5.74) is 9.53. The van der Waals surface area contributed by atoms with Crippen LogP contribution in [-0.2, 0) is 16.8 Å². The van der Waals surface area contributed by atoms with Gasteiger partial charge in [0.1, 0.15) is 6.07 Å². The highest BCUT2D eigenvalue weighted by Gasteiger charge is 2.37. The number of carbonyl (C=O) groups is 1. The smallest absolute Gasteiger partial charge is 0.230 e. The second-order valence-corrected chi connectivity index (χ2v) is 5.25. The molecular formula is C14H16N6O. The molecule has 0 aliphatic carbocycles. The molecule has 0 saturated heterocycles. The van der Waals surface area contributed by atoms with Crippen LogP contribution in [0, 0.1) is 16.7 Å². The number of nitrogens with zero attached hydrogens (tertiary/aromatic N) is 2. The van der Waals surface area contributed by atoms with Gasteiger partial charge in [0, 0.05) is 6.54 Å². The van der Waals surface area contributed by atoms with Crippen LogP contribution in [0.15, 0.2) is 23.3 Å². The molecule has 5 N–H and O–H groups in total. The molecule has 0 fully saturated rings. The lowest BCUT2D eigenvalue weighted by molar-refractivity contribution is -0.126. The Kier molecular flexibility index (Phi) is 3.63. The molecular weight excluding hydrogens is 268 g/mol. The third-order valence-corrected chi connectivity index (χ3v) is 3.43. The maximum absolute atomic E-state index is 12.1. The van der Waals surface area contributed by atoms with E-state index in [0.717, 1.165) is 11.1 Å². The molecule has 0 saturated carbocycles. The summed E-state index contributed by atoms with van der Waals surface area (Å²) in [6, 6.07) is 7.29. The molecule has 7 nitrogen and oxygen atoms in total. The Labute approximate surface area is 122 Å². The molecule has 0 unspecified atom stereocenters. The second kappa shape index (κ2) is 5.25. The zero-order valence-corrected chi connectivity index (χ0v) is 11.8. The fourth-order valence-corrected chi connectivity index (χ4v) is 2.35. The van der Waals surface area contributed by atoms with Gasteiger partial charge in [0.05, 0.1) is 11.1 Å². The number of carbonyl (C=O) groups excluding carboxylic acids is 1. The minimum absolute atomic E-state index is 0.0692. The highest BCUT2D eigenvalue weighted by Crippen LogP contribution is 2.36. The van der Waals surface area contributed by atoms with Crippen LogP contribution in [0.25, 0.3) is 0 Å². The lowest BCUT2D eigenvalue weighted by atomic mass is 9.77. The maximum Gasteiger partial charge on any atom is 0.230 e. The van der Waals surface area contributed by atoms with E-state index < -0.39 is 11.3 Å². The number of nitrogens with two attached hydrogens (primary N) is 1. The van der Waals surface area contributed by atoms with Crippen LogP contribution in [0.3, 0.4) is 0 Å². The van der Waals surface area contributed by atoms with Crippen molar-refractivity contribution in [3.05, 3.63) is 29.3 Å². The number of anilines is 1. The van der Waals surface area contributed by atoms with Gasteiger partial charge in [-0.1, -0.05) is 12.1 Å². The average Bonchev–Trinajstić information content (AvgIpc) is 2.43. The number of hydrazone groups is 1. The number of amides is 1. The van der Waals surface area contributed by atoms with Gasteiger partial charge in [-0.3, -0.25) is 15.6 Å². The summed E-state index contributed by atoms with van der Waals surface area (Å²) in [5, 5.41) is 22.8. The molecule has 0 atom stereocenters. The summed E-state index contributed by atoms with van der Waals surface area (Å²) in [5.74, 6) is -0.480. The minimum Gasteiger partial charge on any atom is -0.382 e. The third kappa shape index (κ3) is 2.56. The lowest BCUT2D eigenvalue weighted by Crippen LogP contribution is -2.45. The highest BCUT2D eigenvalue weighted by atomic mass is 16.2. The van der Waals surface area contributed by atoms with Crippen molar-refractivity contribution >= 4 is 23.1 Å². The first-order valence-corrected chi connectivity index (χ1v) is 6.36. The Morgan fingerprint density at radius 3 is 2.90 bits per heavy atom. The molecule has 108 valence electrons. The van der Waals surface area contributed by atoms with Crippen molar-refractivity contribution in [2.45, 2.75) is 25.8 Å². The summed E-state index contributed by atoms with van der Waals surface area (Å²) < 4.78 is 0. The molecule has 1 aliphatic heterocycles. The largest absolute Gasteiger partial charge is 0.382 e. The van der Waals surface area contributed by atoms with E-state index in [1.165, 1.54) is 0 Å². The Morgan fingerprint density at radius 2 is 2.29 bits per heavy atom. The van der Waals surface area contributed by atoms with Crippen molar-refractivity contribution in [3.8, 4) is 6.07 Å². The van der Waals surface area contributed by atoms with Crippen molar-refractivity contribution in [2.24, 2.45) is 10.8 Å². The van der Waals surface area contributed by atoms with Crippen LogP contribution in [0.2, 0.25) is 0 Å². The third-order valence-electron chi connectivity index (χ3n) is 3.43. The Balaban J connectivity index is 2.46. The lowest BCUT2D eigenvalue weighted by Gasteiger charge is -2.33. The minimum atomic E-state index is -0.713. The first-order chi connectivity index (χ1) is 9.87. The van der Waals surface area contributed by atoms with E-state index in [0.29, 0.717) is 12.2 Å². The van der Waals surface area contributed by atoms with Gasteiger partial charge in [-0.05, 0) is 31.0 Å². The number of nitriles is 1. The van der Waals surface area contributed by atoms with Crippen molar-refractivity contribution in [1.29, 1.82) is 10.7 Å². The van der Waals surface area contributed by atoms with Gasteiger partial charge < -0.3 is 11.1 Å². The summed E-state index contributed by atoms with van der Waals surface area (Å²) in [6.45, 7) is 4.10. The Morgan fingerprint density at radius 1 is 1.57 bits per heavy atom. The van der Waals surface area contributed by atoms with Crippen LogP contribution < -0.4 is 16.5 Å². The van der Waals surface area contributed by atoms with Gasteiger partial charge in [0.2, 0.25) is 11.6 Å². The van der Waals surface area contributed by atoms with E-state index in [1.54, 1.807) is 12.1 Å². The summed E-state index contributed by atoms with van der Waals surface area (Å²) in [4.78, 5) is 12.1. The molecule has 1 heterocycles. The Bertz CT molecular complexity index is 683. The van der Waals surface area contributed by atoms with E-state index in [4.69, 9.17) is 16.4 Å². The van der Waals surface area contributed by atoms with Crippen molar-refractivity contribution in [1.82, 2.24) is 5.32 Å². The zero-order chi connectivity index (χ0) is 15.6. The number of rotatable bonds is 3. The molecule has 0 spiro atoms. The molecule has 0 aromatic heterocycles. The van der Waals surface area contributed by atoms with E-state index in [2.05, 4.69) is 15.8 Å². The molecule has 21 heavy (non-hydrogen) atoms. The zero-order valence-electron chi connectivity index (χ0n) is 11.8. The molecule has 2 rings (SSSR count). The second-order valence-electron chi connectivity index (χ2n) is 5.25. The number of hydrogen-bond donors (Lipinski definition) is 4.